The van der Waals surface area contributed by atoms with Crippen LogP contribution in [0, 0.1) is 0 Å². The molecule has 12 heavy (non-hydrogen) atoms. The number of rotatable bonds is 4. The molecule has 68 valence electrons. The highest BCUT2D eigenvalue weighted by Crippen LogP contribution is 2.09. The number of allylic oxidation sites excluding steroid dienone is 1. The largest absolute Gasteiger partial charge is 0.331 e. The summed E-state index contributed by atoms with van der Waals surface area (Å²) in [4.78, 5) is 3.95. The first-order valence-corrected chi connectivity index (χ1v) is 3.68. The van der Waals surface area contributed by atoms with Crippen LogP contribution >= 0.6 is 17.0 Å². The lowest BCUT2D eigenvalue weighted by molar-refractivity contribution is 0.565. The van der Waals surface area contributed by atoms with Gasteiger partial charge in [0.25, 0.3) is 0 Å². The van der Waals surface area contributed by atoms with Crippen LogP contribution in [0.4, 0.5) is 0 Å². The second-order valence-corrected chi connectivity index (χ2v) is 2.39. The molecular formula is C8H14BrN3. The van der Waals surface area contributed by atoms with Crippen LogP contribution in [0.1, 0.15) is 12.5 Å². The van der Waals surface area contributed by atoms with Gasteiger partial charge in [-0.1, -0.05) is 6.08 Å². The minimum absolute atomic E-state index is 0. The van der Waals surface area contributed by atoms with Crippen molar-refractivity contribution in [2.45, 2.75) is 12.5 Å². The first kappa shape index (κ1) is 11.4. The van der Waals surface area contributed by atoms with Gasteiger partial charge in [0.2, 0.25) is 0 Å². The predicted octanol–water partition coefficient (Wildman–Crippen LogP) is 1.54. The molecular weight excluding hydrogens is 218 g/mol. The van der Waals surface area contributed by atoms with Gasteiger partial charge in [-0.3, -0.25) is 0 Å². The highest BCUT2D eigenvalue weighted by Gasteiger charge is 2.02. The molecule has 1 atom stereocenters. The number of nitrogens with zero attached hydrogens (tertiary/aromatic N) is 2. The van der Waals surface area contributed by atoms with Crippen molar-refractivity contribution in [3.05, 3.63) is 31.4 Å². The lowest BCUT2D eigenvalue weighted by Crippen LogP contribution is -2.10. The van der Waals surface area contributed by atoms with E-state index in [1.165, 1.54) is 0 Å². The Kier molecular flexibility index (Phi) is 5.66. The number of hydrogen-bond acceptors (Lipinski definition) is 2. The Morgan fingerprint density at radius 2 is 2.42 bits per heavy atom. The van der Waals surface area contributed by atoms with Gasteiger partial charge in [-0.15, -0.1) is 23.6 Å². The monoisotopic (exact) mass is 231 g/mol. The van der Waals surface area contributed by atoms with Crippen molar-refractivity contribution in [2.24, 2.45) is 5.73 Å². The van der Waals surface area contributed by atoms with Crippen molar-refractivity contribution in [1.82, 2.24) is 9.55 Å². The van der Waals surface area contributed by atoms with Crippen molar-refractivity contribution in [1.29, 1.82) is 0 Å². The quantitative estimate of drug-likeness (QED) is 0.800. The Labute approximate surface area is 83.1 Å². The second-order valence-electron chi connectivity index (χ2n) is 2.39. The van der Waals surface area contributed by atoms with Crippen molar-refractivity contribution >= 4 is 17.0 Å². The smallest absolute Gasteiger partial charge is 0.0951 e. The predicted molar refractivity (Wildman–Crippen MR) is 55.5 cm³/mol. The molecule has 0 saturated heterocycles. The van der Waals surface area contributed by atoms with Crippen LogP contribution in [0.15, 0.2) is 31.4 Å². The van der Waals surface area contributed by atoms with E-state index < -0.39 is 0 Å². The first-order valence-electron chi connectivity index (χ1n) is 3.68. The van der Waals surface area contributed by atoms with Gasteiger partial charge in [-0.2, -0.15) is 0 Å². The fourth-order valence-electron chi connectivity index (χ4n) is 1.03. The van der Waals surface area contributed by atoms with Gasteiger partial charge < -0.3 is 10.3 Å². The maximum Gasteiger partial charge on any atom is 0.0951 e. The summed E-state index contributed by atoms with van der Waals surface area (Å²) in [6.45, 7) is 4.41. The van der Waals surface area contributed by atoms with Gasteiger partial charge >= 0.3 is 0 Å². The summed E-state index contributed by atoms with van der Waals surface area (Å²) in [7, 11) is 0. The second kappa shape index (κ2) is 5.97. The molecule has 1 rings (SSSR count). The van der Waals surface area contributed by atoms with Crippen molar-refractivity contribution in [3.8, 4) is 0 Å². The number of hydrogen-bond donors (Lipinski definition) is 1. The molecule has 0 radical (unpaired) electrons. The average Bonchev–Trinajstić information content (AvgIpc) is 2.52. The van der Waals surface area contributed by atoms with E-state index in [0.29, 0.717) is 12.6 Å². The zero-order chi connectivity index (χ0) is 8.10. The molecule has 0 saturated carbocycles. The van der Waals surface area contributed by atoms with E-state index in [0.717, 1.165) is 6.42 Å². The fourth-order valence-corrected chi connectivity index (χ4v) is 1.03. The molecule has 1 heterocycles. The molecule has 1 aromatic heterocycles. The Bertz CT molecular complexity index is 208. The molecule has 0 bridgehead atoms. The van der Waals surface area contributed by atoms with Crippen LogP contribution in [0.25, 0.3) is 0 Å². The van der Waals surface area contributed by atoms with Gasteiger partial charge in [0.15, 0.2) is 0 Å². The first-order chi connectivity index (χ1) is 5.38. The lowest BCUT2D eigenvalue weighted by atomic mass is 10.2. The van der Waals surface area contributed by atoms with Gasteiger partial charge in [0, 0.05) is 12.4 Å². The van der Waals surface area contributed by atoms with E-state index in [2.05, 4.69) is 11.6 Å². The normalized spacial score (nSPS) is 11.8. The van der Waals surface area contributed by atoms with Gasteiger partial charge in [0.1, 0.15) is 0 Å². The zero-order valence-corrected chi connectivity index (χ0v) is 8.60. The number of nitrogens with two attached hydrogens (primary N) is 1. The summed E-state index contributed by atoms with van der Waals surface area (Å²) >= 11 is 0. The van der Waals surface area contributed by atoms with E-state index in [1.807, 2.05) is 16.8 Å². The van der Waals surface area contributed by atoms with Gasteiger partial charge in [-0.25, -0.2) is 4.98 Å². The minimum Gasteiger partial charge on any atom is -0.331 e. The number of aromatic nitrogens is 2. The summed E-state index contributed by atoms with van der Waals surface area (Å²) in [5.74, 6) is 0. The Morgan fingerprint density at radius 1 is 1.67 bits per heavy atom. The maximum absolute atomic E-state index is 5.43. The van der Waals surface area contributed by atoms with E-state index in [9.17, 15) is 0 Å². The van der Waals surface area contributed by atoms with E-state index in [-0.39, 0.29) is 17.0 Å². The van der Waals surface area contributed by atoms with Crippen molar-refractivity contribution in [3.63, 3.8) is 0 Å². The topological polar surface area (TPSA) is 43.8 Å². The molecule has 2 N–H and O–H groups in total. The van der Waals surface area contributed by atoms with E-state index >= 15 is 0 Å². The summed E-state index contributed by atoms with van der Waals surface area (Å²) in [5.41, 5.74) is 5.43. The fraction of sp³-hybridized carbons (Fsp3) is 0.375. The third-order valence-corrected chi connectivity index (χ3v) is 1.64. The average molecular weight is 232 g/mol. The van der Waals surface area contributed by atoms with Crippen molar-refractivity contribution < 1.29 is 0 Å². The summed E-state index contributed by atoms with van der Waals surface area (Å²) < 4.78 is 2.00. The molecule has 3 nitrogen and oxygen atoms in total. The zero-order valence-electron chi connectivity index (χ0n) is 6.89. The Hall–Kier alpha value is -0.610. The van der Waals surface area contributed by atoms with Gasteiger partial charge in [-0.05, 0) is 13.0 Å². The van der Waals surface area contributed by atoms with Crippen LogP contribution in [-0.2, 0) is 0 Å². The lowest BCUT2D eigenvalue weighted by Gasteiger charge is -2.11. The molecule has 0 spiro atoms. The van der Waals surface area contributed by atoms with Crippen LogP contribution in [0.5, 0.6) is 0 Å². The molecule has 0 aliphatic rings. The summed E-state index contributed by atoms with van der Waals surface area (Å²) in [6.07, 6.45) is 8.26. The summed E-state index contributed by atoms with van der Waals surface area (Å²) in [5, 5.41) is 0. The third kappa shape index (κ3) is 2.79. The summed E-state index contributed by atoms with van der Waals surface area (Å²) in [6, 6.07) is 0.294. The molecule has 4 heteroatoms. The third-order valence-electron chi connectivity index (χ3n) is 1.64. The Morgan fingerprint density at radius 3 is 2.83 bits per heavy atom. The van der Waals surface area contributed by atoms with Crippen LogP contribution in [0.2, 0.25) is 0 Å². The highest BCUT2D eigenvalue weighted by atomic mass is 79.9. The molecule has 1 unspecified atom stereocenters. The Balaban J connectivity index is 0.00000121. The van der Waals surface area contributed by atoms with Crippen molar-refractivity contribution in [2.75, 3.05) is 6.54 Å². The molecule has 0 fully saturated rings. The maximum atomic E-state index is 5.43. The number of halogens is 1. The molecule has 0 aliphatic carbocycles. The molecule has 0 aromatic carbocycles. The number of imidazole rings is 1. The van der Waals surface area contributed by atoms with E-state index in [1.54, 1.807) is 12.5 Å². The van der Waals surface area contributed by atoms with Crippen LogP contribution in [-0.4, -0.2) is 16.1 Å². The van der Waals surface area contributed by atoms with Gasteiger partial charge in [0.05, 0.1) is 12.4 Å². The molecule has 0 aliphatic heterocycles. The van der Waals surface area contributed by atoms with Crippen LogP contribution in [0.3, 0.4) is 0 Å². The van der Waals surface area contributed by atoms with Crippen LogP contribution < -0.4 is 5.73 Å². The molecule has 1 aromatic rings. The SMILES string of the molecule is Br.C=CC(CCN)n1ccnc1. The minimum atomic E-state index is 0. The highest BCUT2D eigenvalue weighted by molar-refractivity contribution is 8.93. The molecule has 0 amide bonds. The van der Waals surface area contributed by atoms with E-state index in [4.69, 9.17) is 5.73 Å². The standard InChI is InChI=1S/C8H13N3.BrH/c1-2-8(3-4-9)11-6-5-10-7-11;/h2,5-8H,1,3-4,9H2;1H.